The second-order valence-corrected chi connectivity index (χ2v) is 4.35. The molecule has 0 atom stereocenters. The van der Waals surface area contributed by atoms with Crippen LogP contribution in [0.4, 0.5) is 8.78 Å². The summed E-state index contributed by atoms with van der Waals surface area (Å²) in [5, 5.41) is 0. The van der Waals surface area contributed by atoms with Crippen LogP contribution in [-0.2, 0) is 0 Å². The van der Waals surface area contributed by atoms with E-state index in [9.17, 15) is 18.4 Å². The van der Waals surface area contributed by atoms with Crippen molar-refractivity contribution in [1.82, 2.24) is 4.98 Å². The summed E-state index contributed by atoms with van der Waals surface area (Å²) in [5.41, 5.74) is -0.0446. The Kier molecular flexibility index (Phi) is 3.98. The minimum Gasteiger partial charge on any atom is -0.294 e. The molecule has 102 valence electrons. The summed E-state index contributed by atoms with van der Waals surface area (Å²) in [6, 6.07) is 4.83. The van der Waals surface area contributed by atoms with Crippen molar-refractivity contribution >= 4 is 11.6 Å². The van der Waals surface area contributed by atoms with Crippen LogP contribution in [0, 0.1) is 18.6 Å². The van der Waals surface area contributed by atoms with E-state index >= 15 is 0 Å². The molecule has 1 aromatic carbocycles. The number of halogens is 2. The zero-order chi connectivity index (χ0) is 14.7. The van der Waals surface area contributed by atoms with Gasteiger partial charge < -0.3 is 0 Å². The average Bonchev–Trinajstić information content (AvgIpc) is 2.43. The van der Waals surface area contributed by atoms with Crippen molar-refractivity contribution in [2.75, 3.05) is 0 Å². The molecule has 0 bridgehead atoms. The van der Waals surface area contributed by atoms with Gasteiger partial charge in [-0.05, 0) is 36.8 Å². The molecule has 0 saturated carbocycles. The van der Waals surface area contributed by atoms with Crippen LogP contribution in [0.2, 0.25) is 0 Å². The highest BCUT2D eigenvalue weighted by atomic mass is 19.1. The highest BCUT2D eigenvalue weighted by Gasteiger charge is 2.18. The maximum Gasteiger partial charge on any atom is 0.173 e. The number of aryl methyl sites for hydroxylation is 1. The van der Waals surface area contributed by atoms with E-state index in [0.29, 0.717) is 0 Å². The molecular weight excluding hydrogens is 264 g/mol. The lowest BCUT2D eigenvalue weighted by Gasteiger charge is -2.04. The van der Waals surface area contributed by atoms with E-state index in [1.165, 1.54) is 25.4 Å². The third-order valence-electron chi connectivity index (χ3n) is 2.85. The number of aromatic nitrogens is 1. The molecule has 0 amide bonds. The first kappa shape index (κ1) is 14.0. The van der Waals surface area contributed by atoms with Crippen molar-refractivity contribution in [3.63, 3.8) is 0 Å². The second-order valence-electron chi connectivity index (χ2n) is 4.35. The number of carbonyl (C=O) groups excluding carboxylic acids is 2. The highest BCUT2D eigenvalue weighted by molar-refractivity contribution is 6.13. The lowest BCUT2D eigenvalue weighted by atomic mass is 10.0. The van der Waals surface area contributed by atoms with Gasteiger partial charge >= 0.3 is 0 Å². The molecule has 20 heavy (non-hydrogen) atoms. The number of hydrogen-bond acceptors (Lipinski definition) is 3. The fourth-order valence-corrected chi connectivity index (χ4v) is 1.73. The van der Waals surface area contributed by atoms with Crippen LogP contribution < -0.4 is 0 Å². The highest BCUT2D eigenvalue weighted by Crippen LogP contribution is 2.16. The Morgan fingerprint density at radius 1 is 1.15 bits per heavy atom. The molecule has 0 radical (unpaired) electrons. The van der Waals surface area contributed by atoms with Gasteiger partial charge in [0.2, 0.25) is 0 Å². The van der Waals surface area contributed by atoms with Crippen molar-refractivity contribution < 1.29 is 18.4 Å². The van der Waals surface area contributed by atoms with Crippen LogP contribution in [0.1, 0.15) is 32.7 Å². The topological polar surface area (TPSA) is 47.0 Å². The Balaban J connectivity index is 2.21. The van der Waals surface area contributed by atoms with Crippen LogP contribution in [0.3, 0.4) is 0 Å². The quantitative estimate of drug-likeness (QED) is 0.636. The average molecular weight is 275 g/mol. The van der Waals surface area contributed by atoms with Crippen molar-refractivity contribution in [2.45, 2.75) is 13.3 Å². The van der Waals surface area contributed by atoms with Gasteiger partial charge in [0.1, 0.15) is 11.6 Å². The smallest absolute Gasteiger partial charge is 0.173 e. The van der Waals surface area contributed by atoms with Gasteiger partial charge in [-0.1, -0.05) is 0 Å². The standard InChI is InChI=1S/C15H11F2NO2/c1-9-5-13(17)11(6-12(9)16)15(20)7-14(19)10-3-2-4-18-8-10/h2-6,8H,7H2,1H3. The Labute approximate surface area is 114 Å². The van der Waals surface area contributed by atoms with Crippen LogP contribution in [0.25, 0.3) is 0 Å². The van der Waals surface area contributed by atoms with E-state index in [1.54, 1.807) is 6.07 Å². The number of Topliss-reactive ketones (excluding diaryl/α,β-unsaturated/α-hetero) is 2. The van der Waals surface area contributed by atoms with Crippen molar-refractivity contribution in [2.24, 2.45) is 0 Å². The summed E-state index contributed by atoms with van der Waals surface area (Å²) >= 11 is 0. The molecule has 2 aromatic rings. The summed E-state index contributed by atoms with van der Waals surface area (Å²) in [6.07, 6.45) is 2.29. The summed E-state index contributed by atoms with van der Waals surface area (Å²) in [7, 11) is 0. The van der Waals surface area contributed by atoms with Crippen LogP contribution in [-0.4, -0.2) is 16.6 Å². The second kappa shape index (κ2) is 5.69. The fourth-order valence-electron chi connectivity index (χ4n) is 1.73. The Morgan fingerprint density at radius 3 is 2.55 bits per heavy atom. The molecule has 0 saturated heterocycles. The Hall–Kier alpha value is -2.43. The molecule has 1 heterocycles. The first-order valence-electron chi connectivity index (χ1n) is 5.91. The number of benzene rings is 1. The zero-order valence-electron chi connectivity index (χ0n) is 10.7. The molecule has 0 unspecified atom stereocenters. The maximum atomic E-state index is 13.6. The number of carbonyl (C=O) groups is 2. The first-order chi connectivity index (χ1) is 9.49. The maximum absolute atomic E-state index is 13.6. The summed E-state index contributed by atoms with van der Waals surface area (Å²) < 4.78 is 27.0. The minimum absolute atomic E-state index is 0.109. The monoisotopic (exact) mass is 275 g/mol. The first-order valence-corrected chi connectivity index (χ1v) is 5.91. The molecule has 0 aliphatic carbocycles. The van der Waals surface area contributed by atoms with Gasteiger partial charge in [0.25, 0.3) is 0 Å². The van der Waals surface area contributed by atoms with E-state index in [1.807, 2.05) is 0 Å². The fraction of sp³-hybridized carbons (Fsp3) is 0.133. The minimum atomic E-state index is -0.826. The number of rotatable bonds is 4. The van der Waals surface area contributed by atoms with Crippen LogP contribution in [0.5, 0.6) is 0 Å². The summed E-state index contributed by atoms with van der Waals surface area (Å²) in [4.78, 5) is 27.4. The van der Waals surface area contributed by atoms with Crippen LogP contribution in [0.15, 0.2) is 36.7 Å². The zero-order valence-corrected chi connectivity index (χ0v) is 10.7. The normalized spacial score (nSPS) is 10.3. The molecule has 0 spiro atoms. The van der Waals surface area contributed by atoms with E-state index in [-0.39, 0.29) is 11.1 Å². The van der Waals surface area contributed by atoms with Crippen molar-refractivity contribution in [1.29, 1.82) is 0 Å². The lowest BCUT2D eigenvalue weighted by molar-refractivity contribution is 0.0891. The SMILES string of the molecule is Cc1cc(F)c(C(=O)CC(=O)c2cccnc2)cc1F. The molecule has 3 nitrogen and oxygen atoms in total. The molecule has 1 aromatic heterocycles. The Morgan fingerprint density at radius 2 is 1.90 bits per heavy atom. The van der Waals surface area contributed by atoms with E-state index in [0.717, 1.165) is 12.1 Å². The van der Waals surface area contributed by atoms with Gasteiger partial charge in [-0.15, -0.1) is 0 Å². The van der Waals surface area contributed by atoms with Gasteiger partial charge in [0.15, 0.2) is 11.6 Å². The third kappa shape index (κ3) is 2.93. The van der Waals surface area contributed by atoms with Crippen molar-refractivity contribution in [3.8, 4) is 0 Å². The number of hydrogen-bond donors (Lipinski definition) is 0. The van der Waals surface area contributed by atoms with Crippen LogP contribution >= 0.6 is 0 Å². The molecule has 0 aliphatic heterocycles. The van der Waals surface area contributed by atoms with E-state index in [2.05, 4.69) is 4.98 Å². The van der Waals surface area contributed by atoms with Gasteiger partial charge in [-0.2, -0.15) is 0 Å². The molecule has 2 rings (SSSR count). The Bertz CT molecular complexity index is 669. The van der Waals surface area contributed by atoms with E-state index < -0.39 is 35.2 Å². The summed E-state index contributed by atoms with van der Waals surface area (Å²) in [5.74, 6) is -2.74. The predicted molar refractivity (Wildman–Crippen MR) is 68.6 cm³/mol. The predicted octanol–water partition coefficient (Wildman–Crippen LogP) is 3.12. The molecule has 0 fully saturated rings. The number of pyridine rings is 1. The van der Waals surface area contributed by atoms with E-state index in [4.69, 9.17) is 0 Å². The van der Waals surface area contributed by atoms with Gasteiger partial charge in [0, 0.05) is 18.0 Å². The third-order valence-corrected chi connectivity index (χ3v) is 2.85. The van der Waals surface area contributed by atoms with Crippen molar-refractivity contribution in [3.05, 3.63) is 65.0 Å². The number of nitrogens with zero attached hydrogens (tertiary/aromatic N) is 1. The molecule has 0 N–H and O–H groups in total. The van der Waals surface area contributed by atoms with Gasteiger partial charge in [-0.3, -0.25) is 14.6 Å². The lowest BCUT2D eigenvalue weighted by Crippen LogP contribution is -2.11. The number of ketones is 2. The molecule has 5 heteroatoms. The van der Waals surface area contributed by atoms with Gasteiger partial charge in [-0.25, -0.2) is 8.78 Å². The van der Waals surface area contributed by atoms with Gasteiger partial charge in [0.05, 0.1) is 12.0 Å². The molecule has 0 aliphatic rings. The largest absolute Gasteiger partial charge is 0.294 e. The molecular formula is C15H11F2NO2. The summed E-state index contributed by atoms with van der Waals surface area (Å²) in [6.45, 7) is 1.40.